The first-order valence-corrected chi connectivity index (χ1v) is 30.7. The Labute approximate surface area is 460 Å². The van der Waals surface area contributed by atoms with Crippen LogP contribution in [0.1, 0.15) is 16.7 Å². The first-order chi connectivity index (χ1) is 38.2. The second-order valence-corrected chi connectivity index (χ2v) is 27.5. The highest BCUT2D eigenvalue weighted by Gasteiger charge is 2.60. The van der Waals surface area contributed by atoms with Crippen LogP contribution >= 0.6 is 0 Å². The first-order valence-electron chi connectivity index (χ1n) is 24.9. The number of sulfonamides is 3. The third-order valence-corrected chi connectivity index (χ3v) is 24.4. The molecule has 0 amide bonds. The summed E-state index contributed by atoms with van der Waals surface area (Å²) in [5.74, 6) is -0.102. The Morgan fingerprint density at radius 1 is 0.316 bits per heavy atom. The minimum atomic E-state index is -5.21. The Hall–Kier alpha value is -8.83. The molecule has 0 atom stereocenters. The van der Waals surface area contributed by atoms with Crippen molar-refractivity contribution in [3.05, 3.63) is 235 Å². The van der Waals surface area contributed by atoms with Gasteiger partial charge in [-0.2, -0.15) is 0 Å². The Kier molecular flexibility index (Phi) is 13.0. The number of nitrogens with zero attached hydrogens (tertiary/aromatic N) is 6. The van der Waals surface area contributed by atoms with Gasteiger partial charge in [-0.05, 0) is 130 Å². The number of fused-ring (bicyclic) bond motifs is 3. The second-order valence-electron chi connectivity index (χ2n) is 18.7. The zero-order valence-corrected chi connectivity index (χ0v) is 46.0. The number of hydrogen-bond acceptors (Lipinski definition) is 12. The molecule has 0 spiro atoms. The van der Waals surface area contributed by atoms with Crippen LogP contribution in [0.15, 0.2) is 246 Å². The average Bonchev–Trinajstić information content (AvgIpc) is 3.88. The fraction of sp³-hybridized carbons (Fsp3) is 0.0500. The van der Waals surface area contributed by atoms with Crippen molar-refractivity contribution in [2.45, 2.75) is 35.5 Å². The highest BCUT2D eigenvalue weighted by molar-refractivity contribution is 7.99. The molecule has 0 saturated carbocycles. The van der Waals surface area contributed by atoms with Gasteiger partial charge in [-0.1, -0.05) is 126 Å². The molecule has 19 heteroatoms. The van der Waals surface area contributed by atoms with Crippen molar-refractivity contribution in [1.82, 2.24) is 15.0 Å². The standard InChI is InChI=1S/3C20H15N2O3S.Al/c3*1-14-10-12-15(13-11-14)26(23,24)22-17-7-3-2-6-16(17)20-21-18-8-4-5-9-19(18)25-20;/h3*2-13H,1H3;/q3*-1;+3. The fourth-order valence-electron chi connectivity index (χ4n) is 9.39. The molecule has 0 fully saturated rings. The van der Waals surface area contributed by atoms with Crippen molar-refractivity contribution in [1.29, 1.82) is 0 Å². The van der Waals surface area contributed by atoms with E-state index in [1.807, 2.05) is 0 Å². The number of aryl methyl sites for hydroxylation is 3. The van der Waals surface area contributed by atoms with Gasteiger partial charge in [-0.25, -0.2) is 40.2 Å². The molecule has 3 aromatic heterocycles. The zero-order chi connectivity index (χ0) is 54.6. The van der Waals surface area contributed by atoms with Gasteiger partial charge in [0.15, 0.2) is 16.7 Å². The van der Waals surface area contributed by atoms with Crippen LogP contribution in [0.3, 0.4) is 0 Å². The molecule has 0 radical (unpaired) electrons. The number of aromatic nitrogens is 3. The molecular formula is C60H45AlN6O9S3. The Morgan fingerprint density at radius 2 is 0.557 bits per heavy atom. The first kappa shape index (κ1) is 51.0. The van der Waals surface area contributed by atoms with Gasteiger partial charge in [0.2, 0.25) is 47.7 Å². The molecule has 0 saturated heterocycles. The lowest BCUT2D eigenvalue weighted by molar-refractivity contribution is 0.596. The molecule has 0 aliphatic carbocycles. The molecule has 9 aromatic carbocycles. The summed E-state index contributed by atoms with van der Waals surface area (Å²) in [6, 6.07) is 58.1. The average molecular weight is 1120 g/mol. The normalized spacial score (nSPS) is 12.0. The third-order valence-electron chi connectivity index (χ3n) is 13.4. The van der Waals surface area contributed by atoms with E-state index in [9.17, 15) is 0 Å². The SMILES string of the molecule is Cc1ccc(S(=O)(=O)[N](c2ccccc2-c2nc3ccccc3o2)[Al]([N](c2ccccc2-c2nc3ccccc3o2)S(=O)(=O)c2ccc(C)cc2)[N](c2ccccc2-c2nc3ccccc3o2)S(=O)(=O)c2ccc(C)cc2)cc1. The van der Waals surface area contributed by atoms with Gasteiger partial charge < -0.3 is 23.1 Å². The number of hydrogen-bond donors (Lipinski definition) is 0. The number of anilines is 3. The molecule has 12 aromatic rings. The van der Waals surface area contributed by atoms with Crippen LogP contribution in [0.2, 0.25) is 0 Å². The molecule has 79 heavy (non-hydrogen) atoms. The van der Waals surface area contributed by atoms with E-state index >= 15 is 25.3 Å². The summed E-state index contributed by atoms with van der Waals surface area (Å²) < 4.78 is 123. The summed E-state index contributed by atoms with van der Waals surface area (Å²) in [4.78, 5) is 13.6. The van der Waals surface area contributed by atoms with Crippen LogP contribution in [-0.4, -0.2) is 55.0 Å². The zero-order valence-electron chi connectivity index (χ0n) is 42.4. The van der Waals surface area contributed by atoms with Gasteiger partial charge in [0, 0.05) is 17.1 Å². The fourth-order valence-corrected chi connectivity index (χ4v) is 21.1. The lowest BCUT2D eigenvalue weighted by Gasteiger charge is -2.42. The minimum absolute atomic E-state index is 0.0340. The van der Waals surface area contributed by atoms with Gasteiger partial charge in [0.25, 0.3) is 0 Å². The van der Waals surface area contributed by atoms with E-state index in [0.29, 0.717) is 33.3 Å². The van der Waals surface area contributed by atoms with E-state index in [4.69, 9.17) is 28.2 Å². The van der Waals surface area contributed by atoms with Crippen LogP contribution in [0.4, 0.5) is 17.1 Å². The number of para-hydroxylation sites is 9. The second kappa shape index (κ2) is 20.2. The monoisotopic (exact) mass is 1120 g/mol. The number of rotatable bonds is 15. The molecule has 15 nitrogen and oxygen atoms in total. The van der Waals surface area contributed by atoms with E-state index < -0.39 is 44.9 Å². The molecule has 0 unspecified atom stereocenters. The Morgan fingerprint density at radius 3 is 0.823 bits per heavy atom. The highest BCUT2D eigenvalue weighted by atomic mass is 32.2. The summed E-state index contributed by atoms with van der Waals surface area (Å²) >= 11 is -5.21. The van der Waals surface area contributed by atoms with Crippen LogP contribution in [0.25, 0.3) is 67.7 Å². The molecule has 12 rings (SSSR count). The lowest BCUT2D eigenvalue weighted by atomic mass is 10.2. The summed E-state index contributed by atoms with van der Waals surface area (Å²) in [5.41, 5.74) is 4.39. The predicted octanol–water partition coefficient (Wildman–Crippen LogP) is 13.0. The smallest absolute Gasteiger partial charge is 0.436 e. The third kappa shape index (κ3) is 9.30. The van der Waals surface area contributed by atoms with Crippen LogP contribution in [-0.2, 0) is 30.1 Å². The minimum Gasteiger partial charge on any atom is -0.436 e. The molecule has 0 aliphatic heterocycles. The van der Waals surface area contributed by atoms with Crippen LogP contribution in [0.5, 0.6) is 0 Å². The van der Waals surface area contributed by atoms with Gasteiger partial charge in [0.1, 0.15) is 16.6 Å². The van der Waals surface area contributed by atoms with Crippen molar-refractivity contribution < 1.29 is 38.5 Å². The summed E-state index contributed by atoms with van der Waals surface area (Å²) in [6.45, 7) is 5.39. The van der Waals surface area contributed by atoms with Crippen molar-refractivity contribution in [2.75, 3.05) is 9.87 Å². The van der Waals surface area contributed by atoms with Crippen molar-refractivity contribution >= 4 is 95.2 Å². The van der Waals surface area contributed by atoms with E-state index in [0.717, 1.165) is 26.6 Å². The quantitative estimate of drug-likeness (QED) is 0.0884. The number of oxazole rings is 3. The molecule has 3 heterocycles. The van der Waals surface area contributed by atoms with Gasteiger partial charge in [0.05, 0.1) is 31.4 Å². The van der Waals surface area contributed by atoms with E-state index in [2.05, 4.69) is 0 Å². The van der Waals surface area contributed by atoms with Crippen LogP contribution in [0, 0.1) is 20.8 Å². The Balaban J connectivity index is 1.29. The Bertz CT molecular complexity index is 4060. The molecule has 0 aliphatic rings. The maximum Gasteiger partial charge on any atom is 0.787 e. The molecule has 390 valence electrons. The van der Waals surface area contributed by atoms with Gasteiger partial charge >= 0.3 is 14.8 Å². The topological polar surface area (TPSA) is 190 Å². The van der Waals surface area contributed by atoms with Crippen molar-refractivity contribution in [3.63, 3.8) is 0 Å². The molecule has 0 bridgehead atoms. The van der Waals surface area contributed by atoms with Crippen LogP contribution < -0.4 is 9.87 Å². The summed E-state index contributed by atoms with van der Waals surface area (Å²) in [7, 11) is -15.6. The van der Waals surface area contributed by atoms with Crippen molar-refractivity contribution in [2.24, 2.45) is 0 Å². The van der Waals surface area contributed by atoms with E-state index in [1.165, 1.54) is 54.6 Å². The van der Waals surface area contributed by atoms with E-state index in [-0.39, 0.29) is 66.1 Å². The number of benzene rings is 9. The van der Waals surface area contributed by atoms with Crippen molar-refractivity contribution in [3.8, 4) is 34.4 Å². The predicted molar refractivity (Wildman–Crippen MR) is 307 cm³/mol. The summed E-state index contributed by atoms with van der Waals surface area (Å²) in [5, 5.41) is 0. The molecule has 0 N–H and O–H groups in total. The van der Waals surface area contributed by atoms with Gasteiger partial charge in [-0.15, -0.1) is 0 Å². The molecular weight excluding hydrogens is 1070 g/mol. The lowest BCUT2D eigenvalue weighted by Crippen LogP contribution is -2.68. The highest BCUT2D eigenvalue weighted by Crippen LogP contribution is 2.46. The maximum atomic E-state index is 16.9. The summed E-state index contributed by atoms with van der Waals surface area (Å²) in [6.07, 6.45) is 0. The largest absolute Gasteiger partial charge is 0.787 e. The van der Waals surface area contributed by atoms with E-state index in [1.54, 1.807) is 185 Å². The maximum absolute atomic E-state index is 16.9. The van der Waals surface area contributed by atoms with Gasteiger partial charge in [-0.3, -0.25) is 0 Å².